The van der Waals surface area contributed by atoms with Crippen molar-refractivity contribution >= 4 is 12.4 Å². The summed E-state index contributed by atoms with van der Waals surface area (Å²) in [5, 5.41) is 13.4. The maximum atomic E-state index is 4.25. The Balaban J connectivity index is 2.13. The predicted octanol–water partition coefficient (Wildman–Crippen LogP) is -1.50. The zero-order valence-electron chi connectivity index (χ0n) is 11.1. The third-order valence-electron chi connectivity index (χ3n) is 2.55. The normalized spacial score (nSPS) is 25.8. The molecule has 1 rings (SSSR count). The van der Waals surface area contributed by atoms with Gasteiger partial charge >= 0.3 is 0 Å². The molecule has 0 radical (unpaired) electrons. The van der Waals surface area contributed by atoms with E-state index in [1.165, 1.54) is 0 Å². The van der Waals surface area contributed by atoms with Crippen LogP contribution in [0, 0.1) is 0 Å². The molecule has 0 fully saturated rings. The van der Waals surface area contributed by atoms with Crippen molar-refractivity contribution in [3.8, 4) is 0 Å². The molecule has 6 nitrogen and oxygen atoms in total. The number of hydrogen-bond acceptors (Lipinski definition) is 6. The van der Waals surface area contributed by atoms with Crippen LogP contribution in [-0.4, -0.2) is 77.9 Å². The number of nitrogens with zero attached hydrogens (tertiary/aromatic N) is 2. The van der Waals surface area contributed by atoms with Crippen molar-refractivity contribution in [1.29, 1.82) is 0 Å². The van der Waals surface area contributed by atoms with Crippen LogP contribution in [0.1, 0.15) is 0 Å². The lowest BCUT2D eigenvalue weighted by atomic mass is 10.5. The molecular formula is C12H26N6. The minimum Gasteiger partial charge on any atom is -0.314 e. The molecule has 0 aromatic carbocycles. The van der Waals surface area contributed by atoms with Gasteiger partial charge in [0.05, 0.1) is 13.1 Å². The Morgan fingerprint density at radius 3 is 1.22 bits per heavy atom. The monoisotopic (exact) mass is 254 g/mol. The minimum absolute atomic E-state index is 0.811. The first-order chi connectivity index (χ1) is 9.00. The van der Waals surface area contributed by atoms with E-state index in [0.717, 1.165) is 65.4 Å². The van der Waals surface area contributed by atoms with Crippen LogP contribution >= 0.6 is 0 Å². The molecule has 104 valence electrons. The van der Waals surface area contributed by atoms with E-state index in [1.54, 1.807) is 12.4 Å². The number of aliphatic imine (C=N–C) groups is 2. The standard InChI is InChI=1S/C12H26N6/c1-2-14-5-6-16-9-10-18-12-11-17-8-7-15-4-3-13-1/h1-2,15-18H,3-12H2/b13-1+,14-2+. The van der Waals surface area contributed by atoms with Gasteiger partial charge in [0.15, 0.2) is 0 Å². The Labute approximate surface area is 110 Å². The number of rotatable bonds is 0. The van der Waals surface area contributed by atoms with E-state index in [2.05, 4.69) is 31.3 Å². The van der Waals surface area contributed by atoms with Crippen LogP contribution < -0.4 is 21.3 Å². The highest BCUT2D eigenvalue weighted by Crippen LogP contribution is 1.70. The van der Waals surface area contributed by atoms with Gasteiger partial charge in [0.1, 0.15) is 0 Å². The molecular weight excluding hydrogens is 228 g/mol. The van der Waals surface area contributed by atoms with Gasteiger partial charge in [0, 0.05) is 64.8 Å². The molecule has 0 atom stereocenters. The smallest absolute Gasteiger partial charge is 0.0514 e. The Bertz CT molecular complexity index is 205. The lowest BCUT2D eigenvalue weighted by Crippen LogP contribution is -2.35. The molecule has 0 saturated heterocycles. The summed E-state index contributed by atoms with van der Waals surface area (Å²) in [7, 11) is 0. The molecule has 0 aromatic heterocycles. The van der Waals surface area contributed by atoms with Crippen molar-refractivity contribution in [2.45, 2.75) is 0 Å². The molecule has 0 amide bonds. The summed E-state index contributed by atoms with van der Waals surface area (Å²) in [6.07, 6.45) is 3.56. The average Bonchev–Trinajstić information content (AvgIpc) is 2.39. The fourth-order valence-electron chi connectivity index (χ4n) is 1.56. The topological polar surface area (TPSA) is 72.8 Å². The highest BCUT2D eigenvalue weighted by atomic mass is 15.0. The molecule has 4 N–H and O–H groups in total. The summed E-state index contributed by atoms with van der Waals surface area (Å²) >= 11 is 0. The number of nitrogens with one attached hydrogen (secondary N) is 4. The van der Waals surface area contributed by atoms with Crippen molar-refractivity contribution < 1.29 is 0 Å². The van der Waals surface area contributed by atoms with Gasteiger partial charge in [0.2, 0.25) is 0 Å². The van der Waals surface area contributed by atoms with E-state index in [1.807, 2.05) is 0 Å². The molecule has 6 heteroatoms. The van der Waals surface area contributed by atoms with Gasteiger partial charge in [-0.25, -0.2) is 0 Å². The van der Waals surface area contributed by atoms with Crippen molar-refractivity contribution in [2.75, 3.05) is 65.4 Å². The van der Waals surface area contributed by atoms with Crippen molar-refractivity contribution in [3.05, 3.63) is 0 Å². The van der Waals surface area contributed by atoms with Crippen LogP contribution in [0.5, 0.6) is 0 Å². The van der Waals surface area contributed by atoms with Crippen LogP contribution in [0.15, 0.2) is 9.98 Å². The van der Waals surface area contributed by atoms with E-state index in [-0.39, 0.29) is 0 Å². The first-order valence-corrected chi connectivity index (χ1v) is 6.81. The summed E-state index contributed by atoms with van der Waals surface area (Å²) in [5.74, 6) is 0. The number of hydrogen-bond donors (Lipinski definition) is 4. The van der Waals surface area contributed by atoms with Crippen LogP contribution in [0.25, 0.3) is 0 Å². The fraction of sp³-hybridized carbons (Fsp3) is 0.833. The summed E-state index contributed by atoms with van der Waals surface area (Å²) in [6, 6.07) is 0. The Hall–Kier alpha value is -0.820. The zero-order chi connectivity index (χ0) is 12.7. The first-order valence-electron chi connectivity index (χ1n) is 6.81. The van der Waals surface area contributed by atoms with E-state index in [9.17, 15) is 0 Å². The molecule has 1 aliphatic heterocycles. The van der Waals surface area contributed by atoms with Crippen molar-refractivity contribution in [3.63, 3.8) is 0 Å². The van der Waals surface area contributed by atoms with Crippen molar-refractivity contribution in [2.24, 2.45) is 9.98 Å². The van der Waals surface area contributed by atoms with Crippen LogP contribution in [0.2, 0.25) is 0 Å². The molecule has 0 aromatic rings. The molecule has 0 saturated carbocycles. The largest absolute Gasteiger partial charge is 0.314 e. The van der Waals surface area contributed by atoms with E-state index in [4.69, 9.17) is 0 Å². The van der Waals surface area contributed by atoms with Gasteiger partial charge in [-0.15, -0.1) is 0 Å². The van der Waals surface area contributed by atoms with E-state index in [0.29, 0.717) is 0 Å². The lowest BCUT2D eigenvalue weighted by Gasteiger charge is -2.08. The highest BCUT2D eigenvalue weighted by Gasteiger charge is 1.90. The molecule has 0 spiro atoms. The zero-order valence-corrected chi connectivity index (χ0v) is 11.1. The van der Waals surface area contributed by atoms with Gasteiger partial charge < -0.3 is 21.3 Å². The van der Waals surface area contributed by atoms with E-state index >= 15 is 0 Å². The average molecular weight is 254 g/mol. The molecule has 0 unspecified atom stereocenters. The van der Waals surface area contributed by atoms with Crippen LogP contribution in [0.4, 0.5) is 0 Å². The highest BCUT2D eigenvalue weighted by molar-refractivity contribution is 6.15. The van der Waals surface area contributed by atoms with Crippen LogP contribution in [-0.2, 0) is 0 Å². The second-order valence-electron chi connectivity index (χ2n) is 4.11. The van der Waals surface area contributed by atoms with Gasteiger partial charge in [-0.05, 0) is 0 Å². The second kappa shape index (κ2) is 12.6. The van der Waals surface area contributed by atoms with Gasteiger partial charge in [0.25, 0.3) is 0 Å². The Kier molecular flexibility index (Phi) is 10.7. The molecule has 0 bridgehead atoms. The summed E-state index contributed by atoms with van der Waals surface area (Å²) in [6.45, 7) is 9.50. The van der Waals surface area contributed by atoms with Gasteiger partial charge in [-0.2, -0.15) is 0 Å². The summed E-state index contributed by atoms with van der Waals surface area (Å²) < 4.78 is 0. The summed E-state index contributed by atoms with van der Waals surface area (Å²) in [5.41, 5.74) is 0. The Morgan fingerprint density at radius 2 is 0.833 bits per heavy atom. The minimum atomic E-state index is 0.811. The quantitative estimate of drug-likeness (QED) is 0.425. The molecule has 0 aliphatic carbocycles. The first kappa shape index (κ1) is 15.2. The second-order valence-corrected chi connectivity index (χ2v) is 4.11. The predicted molar refractivity (Wildman–Crippen MR) is 78.2 cm³/mol. The maximum absolute atomic E-state index is 4.25. The molecule has 1 heterocycles. The maximum Gasteiger partial charge on any atom is 0.0514 e. The fourth-order valence-corrected chi connectivity index (χ4v) is 1.56. The van der Waals surface area contributed by atoms with Gasteiger partial charge in [-0.1, -0.05) is 0 Å². The third kappa shape index (κ3) is 10.3. The third-order valence-corrected chi connectivity index (χ3v) is 2.55. The lowest BCUT2D eigenvalue weighted by molar-refractivity contribution is 0.569. The molecule has 18 heavy (non-hydrogen) atoms. The van der Waals surface area contributed by atoms with E-state index < -0.39 is 0 Å². The van der Waals surface area contributed by atoms with Crippen LogP contribution in [0.3, 0.4) is 0 Å². The Morgan fingerprint density at radius 1 is 0.500 bits per heavy atom. The molecule has 1 aliphatic rings. The summed E-state index contributed by atoms with van der Waals surface area (Å²) in [4.78, 5) is 8.49. The SMILES string of the molecule is C1=N/CCNCCNCCNCCNCC/N=C/1. The van der Waals surface area contributed by atoms with Crippen molar-refractivity contribution in [1.82, 2.24) is 21.3 Å². The van der Waals surface area contributed by atoms with Gasteiger partial charge in [-0.3, -0.25) is 9.98 Å².